The van der Waals surface area contributed by atoms with E-state index in [-0.39, 0.29) is 0 Å². The first-order valence-electron chi connectivity index (χ1n) is 7.18. The Balaban J connectivity index is 2.06. The van der Waals surface area contributed by atoms with Crippen LogP contribution in [0, 0.1) is 11.3 Å². The molecule has 0 bridgehead atoms. The Kier molecular flexibility index (Phi) is 5.70. The minimum Gasteiger partial charge on any atom is -0.456 e. The van der Waals surface area contributed by atoms with Crippen molar-refractivity contribution in [2.75, 3.05) is 7.05 Å². The van der Waals surface area contributed by atoms with E-state index in [2.05, 4.69) is 29.4 Å². The summed E-state index contributed by atoms with van der Waals surface area (Å²) in [4.78, 5) is 4.18. The van der Waals surface area contributed by atoms with Crippen molar-refractivity contribution >= 4 is 6.08 Å². The standard InChI is InChI=1S/C18H19N3O/c1-14(20-2)5-3-7-16-10-18(13-21-12-16)22-17-8-4-6-15(9-17)11-19/h3-4,6-10,12-14,20H,5H2,1-2H3/b7-3+/t14-/m1/s1. The summed E-state index contributed by atoms with van der Waals surface area (Å²) in [5, 5.41) is 12.1. The molecule has 1 aromatic heterocycles. The molecular weight excluding hydrogens is 274 g/mol. The van der Waals surface area contributed by atoms with Crippen molar-refractivity contribution in [2.24, 2.45) is 0 Å². The number of benzene rings is 1. The SMILES string of the molecule is CN[C@H](C)C/C=C/c1cncc(Oc2cccc(C#N)c2)c1. The molecule has 1 atom stereocenters. The summed E-state index contributed by atoms with van der Waals surface area (Å²) in [5.74, 6) is 1.28. The van der Waals surface area contributed by atoms with E-state index in [1.807, 2.05) is 25.3 Å². The molecule has 2 aromatic rings. The Morgan fingerprint density at radius 3 is 2.95 bits per heavy atom. The first-order valence-corrected chi connectivity index (χ1v) is 7.18. The third-order valence-electron chi connectivity index (χ3n) is 3.23. The molecule has 2 rings (SSSR count). The van der Waals surface area contributed by atoms with Crippen LogP contribution >= 0.6 is 0 Å². The van der Waals surface area contributed by atoms with Crippen LogP contribution in [0.2, 0.25) is 0 Å². The zero-order chi connectivity index (χ0) is 15.8. The summed E-state index contributed by atoms with van der Waals surface area (Å²) in [7, 11) is 1.95. The number of rotatable bonds is 6. The smallest absolute Gasteiger partial charge is 0.146 e. The minimum absolute atomic E-state index is 0.442. The van der Waals surface area contributed by atoms with Crippen LogP contribution in [0.5, 0.6) is 11.5 Å². The molecular formula is C18H19N3O. The van der Waals surface area contributed by atoms with Crippen molar-refractivity contribution in [1.29, 1.82) is 5.26 Å². The van der Waals surface area contributed by atoms with Crippen LogP contribution in [-0.2, 0) is 0 Å². The van der Waals surface area contributed by atoms with Crippen molar-refractivity contribution in [1.82, 2.24) is 10.3 Å². The third-order valence-corrected chi connectivity index (χ3v) is 3.23. The number of hydrogen-bond donors (Lipinski definition) is 1. The van der Waals surface area contributed by atoms with Crippen LogP contribution in [0.4, 0.5) is 0 Å². The number of nitriles is 1. The summed E-state index contributed by atoms with van der Waals surface area (Å²) < 4.78 is 5.75. The fourth-order valence-electron chi connectivity index (χ4n) is 1.87. The maximum absolute atomic E-state index is 8.90. The summed E-state index contributed by atoms with van der Waals surface area (Å²) in [6, 6.07) is 11.5. The Hall–Kier alpha value is -2.64. The van der Waals surface area contributed by atoms with E-state index in [9.17, 15) is 0 Å². The first kappa shape index (κ1) is 15.7. The number of hydrogen-bond acceptors (Lipinski definition) is 4. The zero-order valence-corrected chi connectivity index (χ0v) is 12.8. The second-order valence-corrected chi connectivity index (χ2v) is 5.02. The largest absolute Gasteiger partial charge is 0.456 e. The van der Waals surface area contributed by atoms with E-state index in [0.717, 1.165) is 12.0 Å². The van der Waals surface area contributed by atoms with E-state index >= 15 is 0 Å². The molecule has 0 aliphatic rings. The lowest BCUT2D eigenvalue weighted by Gasteiger charge is -2.07. The molecule has 1 heterocycles. The van der Waals surface area contributed by atoms with Gasteiger partial charge in [0.15, 0.2) is 0 Å². The predicted molar refractivity (Wildman–Crippen MR) is 87.6 cm³/mol. The van der Waals surface area contributed by atoms with Gasteiger partial charge in [-0.3, -0.25) is 4.98 Å². The lowest BCUT2D eigenvalue weighted by atomic mass is 10.2. The Morgan fingerprint density at radius 1 is 1.32 bits per heavy atom. The minimum atomic E-state index is 0.442. The van der Waals surface area contributed by atoms with E-state index in [0.29, 0.717) is 23.1 Å². The van der Waals surface area contributed by atoms with Crippen LogP contribution in [0.3, 0.4) is 0 Å². The van der Waals surface area contributed by atoms with Gasteiger partial charge in [0.2, 0.25) is 0 Å². The molecule has 0 aliphatic carbocycles. The van der Waals surface area contributed by atoms with E-state index in [1.165, 1.54) is 0 Å². The molecule has 0 saturated carbocycles. The third kappa shape index (κ3) is 4.72. The lowest BCUT2D eigenvalue weighted by Crippen LogP contribution is -2.19. The Bertz CT molecular complexity index is 689. The first-order chi connectivity index (χ1) is 10.7. The van der Waals surface area contributed by atoms with Crippen LogP contribution < -0.4 is 10.1 Å². The molecule has 4 nitrogen and oxygen atoms in total. The molecule has 22 heavy (non-hydrogen) atoms. The topological polar surface area (TPSA) is 57.9 Å². The normalized spacial score (nSPS) is 12.0. The van der Waals surface area contributed by atoms with Gasteiger partial charge in [-0.05, 0) is 50.2 Å². The number of aromatic nitrogens is 1. The lowest BCUT2D eigenvalue weighted by molar-refractivity contribution is 0.480. The average Bonchev–Trinajstić information content (AvgIpc) is 2.55. The Morgan fingerprint density at radius 2 is 2.18 bits per heavy atom. The number of nitrogens with one attached hydrogen (secondary N) is 1. The second kappa shape index (κ2) is 7.96. The van der Waals surface area contributed by atoms with Gasteiger partial charge in [-0.25, -0.2) is 0 Å². The quantitative estimate of drug-likeness (QED) is 0.881. The van der Waals surface area contributed by atoms with Crippen LogP contribution in [0.25, 0.3) is 6.08 Å². The highest BCUT2D eigenvalue weighted by Gasteiger charge is 2.00. The van der Waals surface area contributed by atoms with E-state index < -0.39 is 0 Å². The van der Waals surface area contributed by atoms with Gasteiger partial charge in [0.05, 0.1) is 17.8 Å². The molecule has 0 fully saturated rings. The monoisotopic (exact) mass is 293 g/mol. The summed E-state index contributed by atoms with van der Waals surface area (Å²) in [5.41, 5.74) is 1.56. The highest BCUT2D eigenvalue weighted by molar-refractivity contribution is 5.50. The molecule has 0 amide bonds. The predicted octanol–water partition coefficient (Wildman–Crippen LogP) is 3.76. The maximum Gasteiger partial charge on any atom is 0.146 e. The molecule has 4 heteroatoms. The van der Waals surface area contributed by atoms with Crippen molar-refractivity contribution in [3.8, 4) is 17.6 Å². The fourth-order valence-corrected chi connectivity index (χ4v) is 1.87. The van der Waals surface area contributed by atoms with Gasteiger partial charge < -0.3 is 10.1 Å². The molecule has 0 unspecified atom stereocenters. The van der Waals surface area contributed by atoms with E-state index in [4.69, 9.17) is 10.00 Å². The van der Waals surface area contributed by atoms with Crippen LogP contribution in [0.1, 0.15) is 24.5 Å². The molecule has 1 aromatic carbocycles. The van der Waals surface area contributed by atoms with Gasteiger partial charge in [0, 0.05) is 12.2 Å². The number of nitrogens with zero attached hydrogens (tertiary/aromatic N) is 2. The van der Waals surface area contributed by atoms with Gasteiger partial charge in [-0.2, -0.15) is 5.26 Å². The van der Waals surface area contributed by atoms with Gasteiger partial charge in [0.25, 0.3) is 0 Å². The molecule has 0 radical (unpaired) electrons. The zero-order valence-electron chi connectivity index (χ0n) is 12.8. The summed E-state index contributed by atoms with van der Waals surface area (Å²) in [6.07, 6.45) is 8.54. The van der Waals surface area contributed by atoms with Gasteiger partial charge in [-0.1, -0.05) is 18.2 Å². The Labute approximate surface area is 131 Å². The average molecular weight is 293 g/mol. The maximum atomic E-state index is 8.90. The van der Waals surface area contributed by atoms with Crippen molar-refractivity contribution in [3.63, 3.8) is 0 Å². The summed E-state index contributed by atoms with van der Waals surface area (Å²) >= 11 is 0. The van der Waals surface area contributed by atoms with Crippen LogP contribution in [-0.4, -0.2) is 18.1 Å². The molecule has 0 spiro atoms. The molecule has 0 aliphatic heterocycles. The number of ether oxygens (including phenoxy) is 1. The molecule has 0 saturated heterocycles. The highest BCUT2D eigenvalue weighted by atomic mass is 16.5. The van der Waals surface area contributed by atoms with E-state index in [1.54, 1.807) is 30.6 Å². The van der Waals surface area contributed by atoms with Crippen molar-refractivity contribution in [3.05, 3.63) is 59.9 Å². The molecule has 1 N–H and O–H groups in total. The number of pyridine rings is 1. The van der Waals surface area contributed by atoms with Gasteiger partial charge in [0.1, 0.15) is 11.5 Å². The van der Waals surface area contributed by atoms with Crippen molar-refractivity contribution < 1.29 is 4.74 Å². The second-order valence-electron chi connectivity index (χ2n) is 5.02. The fraction of sp³-hybridized carbons (Fsp3) is 0.222. The van der Waals surface area contributed by atoms with Crippen molar-refractivity contribution in [2.45, 2.75) is 19.4 Å². The molecule has 112 valence electrons. The van der Waals surface area contributed by atoms with Gasteiger partial charge in [-0.15, -0.1) is 0 Å². The van der Waals surface area contributed by atoms with Crippen LogP contribution in [0.15, 0.2) is 48.8 Å². The van der Waals surface area contributed by atoms with Gasteiger partial charge >= 0.3 is 0 Å². The highest BCUT2D eigenvalue weighted by Crippen LogP contribution is 2.22. The summed E-state index contributed by atoms with van der Waals surface area (Å²) in [6.45, 7) is 2.13.